The van der Waals surface area contributed by atoms with E-state index in [0.29, 0.717) is 45.3 Å². The zero-order valence-electron chi connectivity index (χ0n) is 18.0. The minimum Gasteiger partial charge on any atom is -0.352 e. The van der Waals surface area contributed by atoms with Crippen LogP contribution in [0.2, 0.25) is 15.1 Å². The van der Waals surface area contributed by atoms with Crippen LogP contribution in [-0.4, -0.2) is 38.9 Å². The number of nitrogens with one attached hydrogen (secondary N) is 2. The molecule has 11 heteroatoms. The normalized spacial score (nSPS) is 10.8. The molecule has 2 aromatic carbocycles. The third-order valence-electron chi connectivity index (χ3n) is 4.72. The van der Waals surface area contributed by atoms with Crippen molar-refractivity contribution in [3.05, 3.63) is 68.4 Å². The summed E-state index contributed by atoms with van der Waals surface area (Å²) in [5.41, 5.74) is 2.04. The van der Waals surface area contributed by atoms with Crippen LogP contribution < -0.4 is 10.6 Å². The fourth-order valence-electron chi connectivity index (χ4n) is 3.04. The number of thioether (sulfide) groups is 1. The number of carbonyl (C=O) groups excluding carboxylic acids is 2. The highest BCUT2D eigenvalue weighted by Crippen LogP contribution is 2.23. The highest BCUT2D eigenvalue weighted by Gasteiger charge is 2.15. The van der Waals surface area contributed by atoms with Gasteiger partial charge in [-0.25, -0.2) is 0 Å². The first kappa shape index (κ1) is 25.4. The van der Waals surface area contributed by atoms with E-state index in [-0.39, 0.29) is 17.6 Å². The Balaban J connectivity index is 1.53. The maximum Gasteiger partial charge on any atom is 0.251 e. The summed E-state index contributed by atoms with van der Waals surface area (Å²) in [4.78, 5) is 24.7. The number of halogens is 3. The molecule has 1 heterocycles. The van der Waals surface area contributed by atoms with Crippen molar-refractivity contribution in [1.82, 2.24) is 20.1 Å². The van der Waals surface area contributed by atoms with Gasteiger partial charge in [-0.05, 0) is 55.8 Å². The predicted molar refractivity (Wildman–Crippen MR) is 134 cm³/mol. The molecule has 0 fully saturated rings. The second kappa shape index (κ2) is 11.7. The highest BCUT2D eigenvalue weighted by atomic mass is 35.5. The molecule has 0 unspecified atom stereocenters. The molecule has 0 spiro atoms. The largest absolute Gasteiger partial charge is 0.352 e. The average Bonchev–Trinajstić information content (AvgIpc) is 3.17. The van der Waals surface area contributed by atoms with Crippen LogP contribution in [0.15, 0.2) is 41.6 Å². The lowest BCUT2D eigenvalue weighted by molar-refractivity contribution is -0.113. The standard InChI is InChI=1S/C22H22Cl3N5O2S/c1-3-30-19(8-9-26-21(32)14-4-6-16(24)17(25)11-14)28-29-22(30)33-12-20(31)27-18-7-5-15(23)10-13(18)2/h4-7,10-11H,3,8-9,12H2,1-2H3,(H,26,32)(H,27,31). The summed E-state index contributed by atoms with van der Waals surface area (Å²) in [5, 5.41) is 16.1. The minimum atomic E-state index is -0.250. The van der Waals surface area contributed by atoms with Crippen molar-refractivity contribution in [2.45, 2.75) is 32.0 Å². The first-order chi connectivity index (χ1) is 15.8. The van der Waals surface area contributed by atoms with Crippen LogP contribution in [0.25, 0.3) is 0 Å². The van der Waals surface area contributed by atoms with Crippen LogP contribution in [0.1, 0.15) is 28.7 Å². The maximum atomic E-state index is 12.4. The summed E-state index contributed by atoms with van der Waals surface area (Å²) in [6.45, 7) is 4.87. The van der Waals surface area contributed by atoms with Crippen molar-refractivity contribution in [2.24, 2.45) is 0 Å². The van der Waals surface area contributed by atoms with Crippen LogP contribution in [0.5, 0.6) is 0 Å². The Kier molecular flexibility index (Phi) is 9.02. The van der Waals surface area contributed by atoms with Gasteiger partial charge in [0, 0.05) is 35.8 Å². The van der Waals surface area contributed by atoms with E-state index in [1.165, 1.54) is 17.8 Å². The summed E-state index contributed by atoms with van der Waals surface area (Å²) in [5.74, 6) is 0.517. The number of hydrogen-bond acceptors (Lipinski definition) is 5. The maximum absolute atomic E-state index is 12.4. The number of amides is 2. The topological polar surface area (TPSA) is 88.9 Å². The Bertz CT molecular complexity index is 1170. The summed E-state index contributed by atoms with van der Waals surface area (Å²) in [6.07, 6.45) is 0.491. The van der Waals surface area contributed by atoms with E-state index >= 15 is 0 Å². The van der Waals surface area contributed by atoms with Crippen molar-refractivity contribution in [2.75, 3.05) is 17.6 Å². The van der Waals surface area contributed by atoms with Crippen molar-refractivity contribution >= 4 is 64.1 Å². The third-order valence-corrected chi connectivity index (χ3v) is 6.66. The number of benzene rings is 2. The van der Waals surface area contributed by atoms with E-state index in [1.807, 2.05) is 18.4 Å². The van der Waals surface area contributed by atoms with E-state index in [2.05, 4.69) is 20.8 Å². The van der Waals surface area contributed by atoms with Crippen LogP contribution in [0, 0.1) is 6.92 Å². The van der Waals surface area contributed by atoms with Gasteiger partial charge in [-0.15, -0.1) is 10.2 Å². The van der Waals surface area contributed by atoms with Crippen LogP contribution in [0.4, 0.5) is 5.69 Å². The molecule has 3 rings (SSSR count). The van der Waals surface area contributed by atoms with Crippen LogP contribution in [-0.2, 0) is 17.8 Å². The molecule has 2 N–H and O–H groups in total. The molecule has 0 saturated heterocycles. The second-order valence-corrected chi connectivity index (χ2v) is 9.27. The van der Waals surface area contributed by atoms with Gasteiger partial charge in [0.05, 0.1) is 15.8 Å². The summed E-state index contributed by atoms with van der Waals surface area (Å²) >= 11 is 19.1. The van der Waals surface area contributed by atoms with Gasteiger partial charge >= 0.3 is 0 Å². The molecule has 3 aromatic rings. The Labute approximate surface area is 211 Å². The van der Waals surface area contributed by atoms with Crippen molar-refractivity contribution in [3.63, 3.8) is 0 Å². The molecule has 1 aromatic heterocycles. The predicted octanol–water partition coefficient (Wildman–Crippen LogP) is 5.27. The Morgan fingerprint density at radius 1 is 1.06 bits per heavy atom. The number of aromatic nitrogens is 3. The van der Waals surface area contributed by atoms with Crippen LogP contribution >= 0.6 is 46.6 Å². The number of anilines is 1. The van der Waals surface area contributed by atoms with Gasteiger partial charge in [-0.2, -0.15) is 0 Å². The van der Waals surface area contributed by atoms with E-state index < -0.39 is 0 Å². The van der Waals surface area contributed by atoms with Gasteiger partial charge in [-0.1, -0.05) is 46.6 Å². The van der Waals surface area contributed by atoms with Crippen LogP contribution in [0.3, 0.4) is 0 Å². The SMILES string of the molecule is CCn1c(CCNC(=O)c2ccc(Cl)c(Cl)c2)nnc1SCC(=O)Nc1ccc(Cl)cc1C. The Hall–Kier alpha value is -2.26. The van der Waals surface area contributed by atoms with E-state index in [9.17, 15) is 9.59 Å². The lowest BCUT2D eigenvalue weighted by Gasteiger charge is -2.10. The van der Waals surface area contributed by atoms with Gasteiger partial charge in [0.1, 0.15) is 5.82 Å². The van der Waals surface area contributed by atoms with Gasteiger partial charge in [0.25, 0.3) is 5.91 Å². The molecule has 7 nitrogen and oxygen atoms in total. The summed E-state index contributed by atoms with van der Waals surface area (Å²) < 4.78 is 1.93. The smallest absolute Gasteiger partial charge is 0.251 e. The number of hydrogen-bond donors (Lipinski definition) is 2. The van der Waals surface area contributed by atoms with Gasteiger partial charge < -0.3 is 15.2 Å². The molecule has 0 saturated carbocycles. The zero-order chi connectivity index (χ0) is 24.0. The fourth-order valence-corrected chi connectivity index (χ4v) is 4.39. The molecular weight excluding hydrogens is 505 g/mol. The lowest BCUT2D eigenvalue weighted by Crippen LogP contribution is -2.26. The molecule has 0 atom stereocenters. The first-order valence-electron chi connectivity index (χ1n) is 10.1. The van der Waals surface area contributed by atoms with E-state index in [4.69, 9.17) is 34.8 Å². The first-order valence-corrected chi connectivity index (χ1v) is 12.2. The zero-order valence-corrected chi connectivity index (χ0v) is 21.1. The molecule has 0 bridgehead atoms. The Morgan fingerprint density at radius 2 is 1.85 bits per heavy atom. The average molecular weight is 527 g/mol. The number of nitrogens with zero attached hydrogens (tertiary/aromatic N) is 3. The molecule has 0 aliphatic heterocycles. The summed E-state index contributed by atoms with van der Waals surface area (Å²) in [6, 6.07) is 10.0. The van der Waals surface area contributed by atoms with E-state index in [0.717, 1.165) is 17.1 Å². The second-order valence-electron chi connectivity index (χ2n) is 7.07. The van der Waals surface area contributed by atoms with Crippen molar-refractivity contribution < 1.29 is 9.59 Å². The van der Waals surface area contributed by atoms with Gasteiger partial charge in [-0.3, -0.25) is 9.59 Å². The number of rotatable bonds is 9. The van der Waals surface area contributed by atoms with Crippen molar-refractivity contribution in [3.8, 4) is 0 Å². The lowest BCUT2D eigenvalue weighted by atomic mass is 10.2. The fraction of sp³-hybridized carbons (Fsp3) is 0.273. The highest BCUT2D eigenvalue weighted by molar-refractivity contribution is 7.99. The number of carbonyl (C=O) groups is 2. The Morgan fingerprint density at radius 3 is 2.55 bits per heavy atom. The molecule has 33 heavy (non-hydrogen) atoms. The molecule has 0 aliphatic carbocycles. The quantitative estimate of drug-likeness (QED) is 0.371. The monoisotopic (exact) mass is 525 g/mol. The molecule has 174 valence electrons. The van der Waals surface area contributed by atoms with Gasteiger partial charge in [0.15, 0.2) is 5.16 Å². The van der Waals surface area contributed by atoms with E-state index in [1.54, 1.807) is 30.3 Å². The number of aryl methyl sites for hydroxylation is 1. The third kappa shape index (κ3) is 6.86. The molecule has 2 amide bonds. The van der Waals surface area contributed by atoms with Gasteiger partial charge in [0.2, 0.25) is 5.91 Å². The minimum absolute atomic E-state index is 0.147. The summed E-state index contributed by atoms with van der Waals surface area (Å²) in [7, 11) is 0. The molecule has 0 aliphatic rings. The molecule has 0 radical (unpaired) electrons. The molecular formula is C22H22Cl3N5O2S. The van der Waals surface area contributed by atoms with Crippen molar-refractivity contribution in [1.29, 1.82) is 0 Å².